The van der Waals surface area contributed by atoms with Gasteiger partial charge in [-0.3, -0.25) is 5.01 Å². The van der Waals surface area contributed by atoms with Crippen LogP contribution in [0.2, 0.25) is 0 Å². The summed E-state index contributed by atoms with van der Waals surface area (Å²) in [5.41, 5.74) is 4.28. The Hall–Kier alpha value is -3.66. The number of hydrogen-bond acceptors (Lipinski definition) is 4. The lowest BCUT2D eigenvalue weighted by Crippen LogP contribution is -2.16. The first-order valence-electron chi connectivity index (χ1n) is 8.68. The molecule has 132 valence electrons. The first-order chi connectivity index (χ1) is 13.2. The molecule has 0 spiro atoms. The van der Waals surface area contributed by atoms with Gasteiger partial charge in [0.1, 0.15) is 5.76 Å². The lowest BCUT2D eigenvalue weighted by molar-refractivity contribution is -0.128. The number of carbonyl (C=O) groups excluding carboxylic acids is 1. The SMILES string of the molecule is CN(/N=C1/C=C(c2ccc(-c3ccccc3)cc2)OC1=O)c1ccccc1. The molecular formula is C23H18N2O2. The van der Waals surface area contributed by atoms with E-state index in [9.17, 15) is 4.79 Å². The fraction of sp³-hybridized carbons (Fsp3) is 0.0435. The van der Waals surface area contributed by atoms with E-state index in [0.717, 1.165) is 22.4 Å². The van der Waals surface area contributed by atoms with E-state index in [0.29, 0.717) is 5.76 Å². The number of hydrazone groups is 1. The number of benzene rings is 3. The van der Waals surface area contributed by atoms with Crippen molar-refractivity contribution >= 4 is 23.1 Å². The molecule has 0 fully saturated rings. The Morgan fingerprint density at radius 3 is 1.96 bits per heavy atom. The second-order valence-corrected chi connectivity index (χ2v) is 6.19. The maximum absolute atomic E-state index is 12.2. The Bertz CT molecular complexity index is 1010. The molecule has 0 N–H and O–H groups in total. The summed E-state index contributed by atoms with van der Waals surface area (Å²) in [5, 5.41) is 6.03. The van der Waals surface area contributed by atoms with Crippen molar-refractivity contribution in [2.75, 3.05) is 12.1 Å². The zero-order valence-corrected chi connectivity index (χ0v) is 14.9. The van der Waals surface area contributed by atoms with E-state index in [1.165, 1.54) is 0 Å². The molecule has 0 radical (unpaired) electrons. The zero-order valence-electron chi connectivity index (χ0n) is 14.9. The Morgan fingerprint density at radius 2 is 1.30 bits per heavy atom. The fourth-order valence-electron chi connectivity index (χ4n) is 2.90. The molecule has 1 aliphatic rings. The predicted molar refractivity (Wildman–Crippen MR) is 108 cm³/mol. The van der Waals surface area contributed by atoms with E-state index >= 15 is 0 Å². The van der Waals surface area contributed by atoms with Crippen LogP contribution in [0.25, 0.3) is 16.9 Å². The number of carbonyl (C=O) groups is 1. The van der Waals surface area contributed by atoms with E-state index in [4.69, 9.17) is 4.74 Å². The number of cyclic esters (lactones) is 1. The van der Waals surface area contributed by atoms with Gasteiger partial charge in [-0.2, -0.15) is 5.10 Å². The zero-order chi connectivity index (χ0) is 18.6. The molecular weight excluding hydrogens is 336 g/mol. The summed E-state index contributed by atoms with van der Waals surface area (Å²) < 4.78 is 5.41. The third kappa shape index (κ3) is 3.65. The average Bonchev–Trinajstić information content (AvgIpc) is 3.10. The van der Waals surface area contributed by atoms with Gasteiger partial charge >= 0.3 is 5.97 Å². The Kier molecular flexibility index (Phi) is 4.54. The van der Waals surface area contributed by atoms with Crippen molar-refractivity contribution in [3.8, 4) is 11.1 Å². The van der Waals surface area contributed by atoms with Gasteiger partial charge in [0.05, 0.1) is 5.69 Å². The molecule has 1 heterocycles. The lowest BCUT2D eigenvalue weighted by atomic mass is 10.0. The predicted octanol–water partition coefficient (Wildman–Crippen LogP) is 4.74. The largest absolute Gasteiger partial charge is 0.421 e. The highest BCUT2D eigenvalue weighted by Crippen LogP contribution is 2.26. The average molecular weight is 354 g/mol. The molecule has 1 aliphatic heterocycles. The van der Waals surface area contributed by atoms with E-state index in [1.807, 2.05) is 72.8 Å². The number of hydrogen-bond donors (Lipinski definition) is 0. The van der Waals surface area contributed by atoms with Crippen molar-refractivity contribution < 1.29 is 9.53 Å². The molecule has 0 aromatic heterocycles. The molecule has 0 saturated carbocycles. The summed E-state index contributed by atoms with van der Waals surface area (Å²) in [6.07, 6.45) is 1.68. The minimum absolute atomic E-state index is 0.281. The minimum atomic E-state index is -0.445. The highest BCUT2D eigenvalue weighted by Gasteiger charge is 2.24. The smallest absolute Gasteiger partial charge is 0.364 e. The van der Waals surface area contributed by atoms with Gasteiger partial charge in [-0.05, 0) is 23.3 Å². The maximum Gasteiger partial charge on any atom is 0.364 e. The molecule has 0 saturated heterocycles. The van der Waals surface area contributed by atoms with Crippen LogP contribution in [0.1, 0.15) is 5.56 Å². The van der Waals surface area contributed by atoms with Crippen molar-refractivity contribution in [3.63, 3.8) is 0 Å². The highest BCUT2D eigenvalue weighted by atomic mass is 16.5. The third-order valence-electron chi connectivity index (χ3n) is 4.34. The van der Waals surface area contributed by atoms with Crippen LogP contribution in [0.15, 0.2) is 96.1 Å². The summed E-state index contributed by atoms with van der Waals surface area (Å²) in [5.74, 6) is 0.0692. The van der Waals surface area contributed by atoms with Crippen LogP contribution in [0.5, 0.6) is 0 Å². The van der Waals surface area contributed by atoms with Crippen LogP contribution >= 0.6 is 0 Å². The molecule has 3 aromatic carbocycles. The summed E-state index contributed by atoms with van der Waals surface area (Å²) in [6, 6.07) is 27.7. The number of nitrogens with zero attached hydrogens (tertiary/aromatic N) is 2. The van der Waals surface area contributed by atoms with Crippen molar-refractivity contribution in [1.82, 2.24) is 0 Å². The summed E-state index contributed by atoms with van der Waals surface area (Å²) in [7, 11) is 1.80. The summed E-state index contributed by atoms with van der Waals surface area (Å²) >= 11 is 0. The molecule has 27 heavy (non-hydrogen) atoms. The normalized spacial score (nSPS) is 14.8. The first-order valence-corrected chi connectivity index (χ1v) is 8.68. The Labute approximate surface area is 158 Å². The van der Waals surface area contributed by atoms with Gasteiger partial charge < -0.3 is 4.74 Å². The van der Waals surface area contributed by atoms with Gasteiger partial charge in [0.15, 0.2) is 5.71 Å². The molecule has 0 atom stereocenters. The summed E-state index contributed by atoms with van der Waals surface area (Å²) in [4.78, 5) is 12.2. The quantitative estimate of drug-likeness (QED) is 0.502. The monoisotopic (exact) mass is 354 g/mol. The molecule has 0 unspecified atom stereocenters. The number of ether oxygens (including phenoxy) is 1. The van der Waals surface area contributed by atoms with Crippen molar-refractivity contribution in [2.24, 2.45) is 5.10 Å². The van der Waals surface area contributed by atoms with Crippen LogP contribution in [-0.2, 0) is 9.53 Å². The van der Waals surface area contributed by atoms with Crippen LogP contribution in [0.4, 0.5) is 5.69 Å². The van der Waals surface area contributed by atoms with Crippen LogP contribution in [0.3, 0.4) is 0 Å². The van der Waals surface area contributed by atoms with Crippen molar-refractivity contribution in [3.05, 3.63) is 96.6 Å². The minimum Gasteiger partial charge on any atom is -0.421 e. The van der Waals surface area contributed by atoms with Gasteiger partial charge in [-0.1, -0.05) is 72.8 Å². The van der Waals surface area contributed by atoms with Gasteiger partial charge in [0.2, 0.25) is 0 Å². The number of rotatable bonds is 4. The second kappa shape index (κ2) is 7.30. The van der Waals surface area contributed by atoms with Gasteiger partial charge in [-0.25, -0.2) is 4.79 Å². The van der Waals surface area contributed by atoms with Crippen molar-refractivity contribution in [1.29, 1.82) is 0 Å². The number of esters is 1. The van der Waals surface area contributed by atoms with Crippen LogP contribution in [-0.4, -0.2) is 18.7 Å². The van der Waals surface area contributed by atoms with Crippen LogP contribution in [0, 0.1) is 0 Å². The molecule has 3 aromatic rings. The topological polar surface area (TPSA) is 41.9 Å². The van der Waals surface area contributed by atoms with Gasteiger partial charge in [-0.15, -0.1) is 0 Å². The van der Waals surface area contributed by atoms with Crippen molar-refractivity contribution in [2.45, 2.75) is 0 Å². The van der Waals surface area contributed by atoms with Crippen LogP contribution < -0.4 is 5.01 Å². The fourth-order valence-corrected chi connectivity index (χ4v) is 2.90. The van der Waals surface area contributed by atoms with E-state index < -0.39 is 5.97 Å². The third-order valence-corrected chi connectivity index (χ3v) is 4.34. The number of anilines is 1. The lowest BCUT2D eigenvalue weighted by Gasteiger charge is -2.12. The molecule has 0 amide bonds. The summed E-state index contributed by atoms with van der Waals surface area (Å²) in [6.45, 7) is 0. The van der Waals surface area contributed by atoms with E-state index in [2.05, 4.69) is 17.2 Å². The van der Waals surface area contributed by atoms with E-state index in [-0.39, 0.29) is 5.71 Å². The second-order valence-electron chi connectivity index (χ2n) is 6.19. The highest BCUT2D eigenvalue weighted by molar-refractivity contribution is 6.45. The van der Waals surface area contributed by atoms with Gasteiger partial charge in [0.25, 0.3) is 0 Å². The molecule has 0 bridgehead atoms. The molecule has 0 aliphatic carbocycles. The van der Waals surface area contributed by atoms with Gasteiger partial charge in [0, 0.05) is 18.7 Å². The Balaban J connectivity index is 1.57. The molecule has 4 rings (SSSR count). The Morgan fingerprint density at radius 1 is 0.741 bits per heavy atom. The van der Waals surface area contributed by atoms with E-state index in [1.54, 1.807) is 18.1 Å². The number of para-hydroxylation sites is 1. The standard InChI is InChI=1S/C23H18N2O2/c1-25(20-10-6-3-7-11-20)24-21-16-22(27-23(21)26)19-14-12-18(13-15-19)17-8-4-2-5-9-17/h2-16H,1H3/b24-21-. The maximum atomic E-state index is 12.2. The molecule has 4 heteroatoms. The molecule has 4 nitrogen and oxygen atoms in total. The first kappa shape index (κ1) is 16.8.